The monoisotopic (exact) mass is 367 g/mol. The summed E-state index contributed by atoms with van der Waals surface area (Å²) in [5.74, 6) is 0.708. The minimum absolute atomic E-state index is 0.292. The molecule has 0 unspecified atom stereocenters. The fraction of sp³-hybridized carbons (Fsp3) is 0.471. The van der Waals surface area contributed by atoms with Crippen molar-refractivity contribution in [2.24, 2.45) is 0 Å². The number of hydrogen-bond donors (Lipinski definition) is 1. The maximum absolute atomic E-state index is 13.6. The molecule has 136 valence electrons. The fourth-order valence-electron chi connectivity index (χ4n) is 1.88. The standard InChI is InChI=1S/C17H22FN3O3S/c1-16(2,3)23-15(22)20-17(4,5)14-19-13(24-21-14)10-25-12-9-7-6-8-11(12)18/h6-9H,10H2,1-5H3,(H,20,22). The number of nitrogens with one attached hydrogen (secondary N) is 1. The third kappa shape index (κ3) is 5.74. The van der Waals surface area contributed by atoms with Gasteiger partial charge in [-0.15, -0.1) is 11.8 Å². The van der Waals surface area contributed by atoms with Gasteiger partial charge in [-0.3, -0.25) is 0 Å². The Kier molecular flexibility index (Phi) is 5.72. The molecule has 0 saturated heterocycles. The molecular weight excluding hydrogens is 345 g/mol. The van der Waals surface area contributed by atoms with Crippen LogP contribution in [0.4, 0.5) is 9.18 Å². The van der Waals surface area contributed by atoms with Gasteiger partial charge in [-0.1, -0.05) is 17.3 Å². The Labute approximate surface area is 150 Å². The molecule has 25 heavy (non-hydrogen) atoms. The van der Waals surface area contributed by atoms with Gasteiger partial charge in [0.2, 0.25) is 5.89 Å². The molecule has 2 rings (SSSR count). The first kappa shape index (κ1) is 19.2. The molecule has 1 aromatic carbocycles. The van der Waals surface area contributed by atoms with Crippen molar-refractivity contribution in [3.63, 3.8) is 0 Å². The highest BCUT2D eigenvalue weighted by Gasteiger charge is 2.30. The van der Waals surface area contributed by atoms with E-state index in [2.05, 4.69) is 15.5 Å². The fourth-order valence-corrected chi connectivity index (χ4v) is 2.66. The normalized spacial score (nSPS) is 12.1. The molecule has 1 heterocycles. The molecule has 0 aliphatic carbocycles. The van der Waals surface area contributed by atoms with Crippen LogP contribution in [-0.4, -0.2) is 21.8 Å². The Morgan fingerprint density at radius 1 is 1.28 bits per heavy atom. The average Bonchev–Trinajstić information content (AvgIpc) is 2.93. The van der Waals surface area contributed by atoms with E-state index in [4.69, 9.17) is 9.26 Å². The summed E-state index contributed by atoms with van der Waals surface area (Å²) in [5, 5.41) is 6.62. The number of ether oxygens (including phenoxy) is 1. The van der Waals surface area contributed by atoms with Gasteiger partial charge in [0.05, 0.1) is 5.75 Å². The van der Waals surface area contributed by atoms with Gasteiger partial charge >= 0.3 is 6.09 Å². The van der Waals surface area contributed by atoms with Crippen molar-refractivity contribution in [1.29, 1.82) is 0 Å². The number of alkyl carbamates (subject to hydrolysis) is 1. The van der Waals surface area contributed by atoms with E-state index in [-0.39, 0.29) is 5.82 Å². The summed E-state index contributed by atoms with van der Waals surface area (Å²) in [6.07, 6.45) is -0.565. The van der Waals surface area contributed by atoms with Crippen molar-refractivity contribution >= 4 is 17.9 Å². The Morgan fingerprint density at radius 3 is 2.60 bits per heavy atom. The van der Waals surface area contributed by atoms with Crippen molar-refractivity contribution in [2.75, 3.05) is 0 Å². The average molecular weight is 367 g/mol. The topological polar surface area (TPSA) is 77.2 Å². The zero-order chi connectivity index (χ0) is 18.7. The second-order valence-corrected chi connectivity index (χ2v) is 8.00. The Hall–Kier alpha value is -2.09. The van der Waals surface area contributed by atoms with E-state index in [1.807, 2.05) is 0 Å². The number of halogens is 1. The van der Waals surface area contributed by atoms with Crippen molar-refractivity contribution < 1.29 is 18.4 Å². The van der Waals surface area contributed by atoms with E-state index in [1.165, 1.54) is 17.8 Å². The molecule has 0 aliphatic rings. The molecule has 0 spiro atoms. The SMILES string of the molecule is CC(C)(C)OC(=O)NC(C)(C)c1noc(CSc2ccccc2F)n1. The maximum Gasteiger partial charge on any atom is 0.408 e. The van der Waals surface area contributed by atoms with Gasteiger partial charge in [-0.05, 0) is 46.8 Å². The van der Waals surface area contributed by atoms with E-state index in [1.54, 1.807) is 52.8 Å². The van der Waals surface area contributed by atoms with E-state index >= 15 is 0 Å². The molecule has 1 amide bonds. The molecular formula is C17H22FN3O3S. The summed E-state index contributed by atoms with van der Waals surface area (Å²) < 4.78 is 24.1. The predicted molar refractivity (Wildman–Crippen MR) is 92.7 cm³/mol. The molecule has 1 aromatic heterocycles. The first-order chi connectivity index (χ1) is 11.6. The molecule has 0 aliphatic heterocycles. The number of benzene rings is 1. The van der Waals surface area contributed by atoms with Crippen molar-refractivity contribution in [2.45, 2.75) is 56.4 Å². The number of carbonyl (C=O) groups excluding carboxylic acids is 1. The van der Waals surface area contributed by atoms with Crippen LogP contribution in [0.5, 0.6) is 0 Å². The molecule has 0 atom stereocenters. The van der Waals surface area contributed by atoms with E-state index in [0.29, 0.717) is 22.4 Å². The van der Waals surface area contributed by atoms with Crippen molar-refractivity contribution in [1.82, 2.24) is 15.5 Å². The lowest BCUT2D eigenvalue weighted by Crippen LogP contribution is -2.44. The van der Waals surface area contributed by atoms with Crippen LogP contribution in [0.1, 0.15) is 46.3 Å². The Balaban J connectivity index is 1.99. The number of amides is 1. The summed E-state index contributed by atoms with van der Waals surface area (Å²) in [7, 11) is 0. The second kappa shape index (κ2) is 7.43. The third-order valence-electron chi connectivity index (χ3n) is 3.03. The van der Waals surface area contributed by atoms with E-state index < -0.39 is 17.2 Å². The molecule has 0 fully saturated rings. The largest absolute Gasteiger partial charge is 0.444 e. The smallest absolute Gasteiger partial charge is 0.408 e. The predicted octanol–water partition coefficient (Wildman–Crippen LogP) is 4.26. The highest BCUT2D eigenvalue weighted by molar-refractivity contribution is 7.98. The number of hydrogen-bond acceptors (Lipinski definition) is 6. The molecule has 8 heteroatoms. The summed E-state index contributed by atoms with van der Waals surface area (Å²) in [6.45, 7) is 8.84. The number of thioether (sulfide) groups is 1. The summed E-state index contributed by atoms with van der Waals surface area (Å²) in [4.78, 5) is 16.7. The zero-order valence-electron chi connectivity index (χ0n) is 14.9. The lowest BCUT2D eigenvalue weighted by Gasteiger charge is -2.26. The van der Waals surface area contributed by atoms with Crippen LogP contribution in [0.2, 0.25) is 0 Å². The number of aromatic nitrogens is 2. The van der Waals surface area contributed by atoms with Crippen LogP contribution in [-0.2, 0) is 16.0 Å². The van der Waals surface area contributed by atoms with Gasteiger partial charge in [-0.25, -0.2) is 9.18 Å². The van der Waals surface area contributed by atoms with Gasteiger partial charge in [0.15, 0.2) is 5.82 Å². The quantitative estimate of drug-likeness (QED) is 0.796. The minimum atomic E-state index is -0.868. The maximum atomic E-state index is 13.6. The van der Waals surface area contributed by atoms with Crippen LogP contribution in [0, 0.1) is 5.82 Å². The first-order valence-corrected chi connectivity index (χ1v) is 8.77. The minimum Gasteiger partial charge on any atom is -0.444 e. The summed E-state index contributed by atoms with van der Waals surface area (Å²) in [5.41, 5.74) is -1.47. The van der Waals surface area contributed by atoms with E-state index in [0.717, 1.165) is 0 Å². The zero-order valence-corrected chi connectivity index (χ0v) is 15.7. The molecule has 1 N–H and O–H groups in total. The Bertz CT molecular complexity index is 741. The van der Waals surface area contributed by atoms with Crippen LogP contribution in [0.25, 0.3) is 0 Å². The van der Waals surface area contributed by atoms with Gasteiger partial charge in [-0.2, -0.15) is 4.98 Å². The third-order valence-corrected chi connectivity index (χ3v) is 4.06. The number of nitrogens with zero attached hydrogens (tertiary/aromatic N) is 2. The van der Waals surface area contributed by atoms with Gasteiger partial charge in [0, 0.05) is 4.90 Å². The van der Waals surface area contributed by atoms with Gasteiger partial charge < -0.3 is 14.6 Å². The van der Waals surface area contributed by atoms with E-state index in [9.17, 15) is 9.18 Å². The van der Waals surface area contributed by atoms with Crippen LogP contribution < -0.4 is 5.32 Å². The molecule has 0 saturated carbocycles. The van der Waals surface area contributed by atoms with Crippen LogP contribution in [0.15, 0.2) is 33.7 Å². The number of rotatable bonds is 5. The van der Waals surface area contributed by atoms with Gasteiger partial charge in [0.1, 0.15) is 17.0 Å². The lowest BCUT2D eigenvalue weighted by atomic mass is 10.1. The summed E-state index contributed by atoms with van der Waals surface area (Å²) in [6, 6.07) is 6.48. The van der Waals surface area contributed by atoms with Crippen LogP contribution >= 0.6 is 11.8 Å². The molecule has 0 bridgehead atoms. The highest BCUT2D eigenvalue weighted by atomic mass is 32.2. The first-order valence-electron chi connectivity index (χ1n) is 7.78. The van der Waals surface area contributed by atoms with Crippen molar-refractivity contribution in [3.05, 3.63) is 41.8 Å². The molecule has 0 radical (unpaired) electrons. The molecule has 6 nitrogen and oxygen atoms in total. The lowest BCUT2D eigenvalue weighted by molar-refractivity contribution is 0.0465. The Morgan fingerprint density at radius 2 is 1.96 bits per heavy atom. The second-order valence-electron chi connectivity index (χ2n) is 6.98. The number of carbonyl (C=O) groups is 1. The summed E-state index contributed by atoms with van der Waals surface area (Å²) >= 11 is 1.26. The molecule has 2 aromatic rings. The van der Waals surface area contributed by atoms with Crippen LogP contribution in [0.3, 0.4) is 0 Å². The van der Waals surface area contributed by atoms with Gasteiger partial charge in [0.25, 0.3) is 0 Å². The van der Waals surface area contributed by atoms with Crippen molar-refractivity contribution in [3.8, 4) is 0 Å². The highest BCUT2D eigenvalue weighted by Crippen LogP contribution is 2.26.